The molecule has 3 N–H and O–H groups in total. The van der Waals surface area contributed by atoms with E-state index in [0.717, 1.165) is 6.20 Å². The van der Waals surface area contributed by atoms with E-state index >= 15 is 4.39 Å². The first-order valence-electron chi connectivity index (χ1n) is 8.62. The zero-order valence-electron chi connectivity index (χ0n) is 15.2. The van der Waals surface area contributed by atoms with Gasteiger partial charge in [-0.3, -0.25) is 23.4 Å². The van der Waals surface area contributed by atoms with Crippen molar-refractivity contribution in [1.82, 2.24) is 9.55 Å². The highest BCUT2D eigenvalue weighted by Crippen LogP contribution is 2.56. The molecule has 15 heteroatoms. The molecule has 0 saturated carbocycles. The number of hydrogen-bond donors (Lipinski definition) is 3. The van der Waals surface area contributed by atoms with E-state index in [9.17, 15) is 24.4 Å². The molecule has 0 amide bonds. The second kappa shape index (κ2) is 7.98. The average Bonchev–Trinajstić information content (AvgIpc) is 2.94. The van der Waals surface area contributed by atoms with E-state index in [1.165, 1.54) is 18.2 Å². The standard InChI is InChI=1S/C16H14Cl2FN2O9P/c17-8-1-2-10-7(3-8)5-27-31(26,30-10)28-6-16(19)12(23)11(22)14(29-16)21-4-9(18)13(24)20-15(21)25/h1-4,11-12,14,22-23H,5-6H2,(H,20,24,25)/t11-,12+,14-,16-,31?/m1/s1. The number of aliphatic hydroxyl groups is 2. The van der Waals surface area contributed by atoms with Crippen molar-refractivity contribution >= 4 is 31.0 Å². The van der Waals surface area contributed by atoms with E-state index in [0.29, 0.717) is 15.2 Å². The van der Waals surface area contributed by atoms with Crippen LogP contribution in [0, 0.1) is 0 Å². The number of phosphoric ester groups is 1. The summed E-state index contributed by atoms with van der Waals surface area (Å²) < 4.78 is 48.7. The molecule has 1 saturated heterocycles. The monoisotopic (exact) mass is 498 g/mol. The summed E-state index contributed by atoms with van der Waals surface area (Å²) in [4.78, 5) is 25.2. The fourth-order valence-corrected chi connectivity index (χ4v) is 4.59. The van der Waals surface area contributed by atoms with Crippen LogP contribution in [0.5, 0.6) is 5.75 Å². The molecule has 2 aliphatic rings. The van der Waals surface area contributed by atoms with Crippen molar-refractivity contribution in [3.05, 3.63) is 60.8 Å². The Balaban J connectivity index is 1.52. The summed E-state index contributed by atoms with van der Waals surface area (Å²) in [5, 5.41) is 20.3. The van der Waals surface area contributed by atoms with Crippen molar-refractivity contribution in [2.45, 2.75) is 30.9 Å². The van der Waals surface area contributed by atoms with Crippen molar-refractivity contribution in [3.63, 3.8) is 0 Å². The predicted octanol–water partition coefficient (Wildman–Crippen LogP) is 1.49. The molecule has 2 aromatic rings. The van der Waals surface area contributed by atoms with E-state index < -0.39 is 55.0 Å². The van der Waals surface area contributed by atoms with Gasteiger partial charge in [-0.05, 0) is 18.2 Å². The number of nitrogens with zero attached hydrogens (tertiary/aromatic N) is 1. The van der Waals surface area contributed by atoms with Crippen molar-refractivity contribution in [3.8, 4) is 5.75 Å². The van der Waals surface area contributed by atoms with Gasteiger partial charge in [0.15, 0.2) is 6.23 Å². The van der Waals surface area contributed by atoms with Crippen LogP contribution in [0.3, 0.4) is 0 Å². The Morgan fingerprint density at radius 2 is 2.10 bits per heavy atom. The second-order valence-corrected chi connectivity index (χ2v) is 9.15. The Morgan fingerprint density at radius 3 is 2.84 bits per heavy atom. The first-order valence-corrected chi connectivity index (χ1v) is 10.8. The van der Waals surface area contributed by atoms with Gasteiger partial charge >= 0.3 is 13.5 Å². The SMILES string of the molecule is O=c1[nH]c(=O)n([C@@H]2O[C@](F)(COP3(=O)OCc4cc(Cl)ccc4O3)[C@@H](O)[C@H]2O)cc1Cl. The van der Waals surface area contributed by atoms with Crippen LogP contribution in [0.15, 0.2) is 34.0 Å². The van der Waals surface area contributed by atoms with E-state index in [1.807, 2.05) is 4.98 Å². The average molecular weight is 499 g/mol. The maximum Gasteiger partial charge on any atom is 0.530 e. The van der Waals surface area contributed by atoms with Gasteiger partial charge in [0.25, 0.3) is 11.4 Å². The lowest BCUT2D eigenvalue weighted by Crippen LogP contribution is -2.43. The number of H-pyrrole nitrogens is 1. The summed E-state index contributed by atoms with van der Waals surface area (Å²) in [6.07, 6.45) is -5.15. The van der Waals surface area contributed by atoms with Crippen molar-refractivity contribution in [1.29, 1.82) is 0 Å². The third-order valence-electron chi connectivity index (χ3n) is 4.60. The fourth-order valence-electron chi connectivity index (χ4n) is 3.02. The molecule has 4 rings (SSSR count). The molecule has 0 bridgehead atoms. The van der Waals surface area contributed by atoms with Gasteiger partial charge in [0.2, 0.25) is 0 Å². The van der Waals surface area contributed by atoms with Crippen LogP contribution in [0.2, 0.25) is 10.0 Å². The number of benzene rings is 1. The predicted molar refractivity (Wildman–Crippen MR) is 103 cm³/mol. The van der Waals surface area contributed by atoms with Crippen LogP contribution in [-0.4, -0.2) is 44.4 Å². The van der Waals surface area contributed by atoms with Crippen LogP contribution in [0.1, 0.15) is 11.8 Å². The third kappa shape index (κ3) is 4.18. The van der Waals surface area contributed by atoms with Gasteiger partial charge in [0, 0.05) is 16.8 Å². The van der Waals surface area contributed by atoms with Gasteiger partial charge in [0.1, 0.15) is 29.6 Å². The lowest BCUT2D eigenvalue weighted by molar-refractivity contribution is -0.205. The summed E-state index contributed by atoms with van der Waals surface area (Å²) in [5.74, 6) is -2.97. The van der Waals surface area contributed by atoms with Gasteiger partial charge in [-0.1, -0.05) is 23.2 Å². The summed E-state index contributed by atoms with van der Waals surface area (Å²) in [6.45, 7) is -1.39. The second-order valence-electron chi connectivity index (χ2n) is 6.71. The van der Waals surface area contributed by atoms with Gasteiger partial charge in [0.05, 0.1) is 6.61 Å². The lowest BCUT2D eigenvalue weighted by Gasteiger charge is -2.28. The maximum atomic E-state index is 15.3. The van der Waals surface area contributed by atoms with Crippen LogP contribution in [0.25, 0.3) is 0 Å². The molecule has 1 aromatic carbocycles. The number of alkyl halides is 1. The molecule has 1 aromatic heterocycles. The molecule has 5 atom stereocenters. The first kappa shape index (κ1) is 22.4. The summed E-state index contributed by atoms with van der Waals surface area (Å²) in [6, 6.07) is 4.42. The highest BCUT2D eigenvalue weighted by atomic mass is 35.5. The Hall–Kier alpha value is -1.76. The Morgan fingerprint density at radius 1 is 1.35 bits per heavy atom. The van der Waals surface area contributed by atoms with Crippen LogP contribution in [0.4, 0.5) is 4.39 Å². The fraction of sp³-hybridized carbons (Fsp3) is 0.375. The Kier molecular flexibility index (Phi) is 5.78. The molecule has 0 aliphatic carbocycles. The normalized spacial score (nSPS) is 32.5. The molecule has 3 heterocycles. The Labute approximate surface area is 182 Å². The number of rotatable bonds is 4. The lowest BCUT2D eigenvalue weighted by atomic mass is 10.1. The number of hydrogen-bond acceptors (Lipinski definition) is 9. The minimum absolute atomic E-state index is 0.145. The number of aromatic nitrogens is 2. The molecule has 168 valence electrons. The summed E-state index contributed by atoms with van der Waals surface area (Å²) in [5.41, 5.74) is -1.49. The van der Waals surface area contributed by atoms with E-state index in [4.69, 9.17) is 41.5 Å². The molecule has 11 nitrogen and oxygen atoms in total. The number of ether oxygens (including phenoxy) is 1. The zero-order valence-corrected chi connectivity index (χ0v) is 17.6. The maximum absolute atomic E-state index is 15.3. The van der Waals surface area contributed by atoms with Crippen LogP contribution in [-0.2, 0) is 25.0 Å². The minimum atomic E-state index is -4.31. The minimum Gasteiger partial charge on any atom is -0.404 e. The Bertz CT molecular complexity index is 1190. The highest BCUT2D eigenvalue weighted by Gasteiger charge is 2.57. The van der Waals surface area contributed by atoms with Crippen LogP contribution < -0.4 is 15.8 Å². The largest absolute Gasteiger partial charge is 0.530 e. The molecule has 1 fully saturated rings. The molecule has 1 unspecified atom stereocenters. The van der Waals surface area contributed by atoms with Crippen molar-refractivity contribution < 1.29 is 37.5 Å². The van der Waals surface area contributed by atoms with Crippen LogP contribution >= 0.6 is 31.0 Å². The van der Waals surface area contributed by atoms with Gasteiger partial charge in [-0.15, -0.1) is 0 Å². The molecule has 2 aliphatic heterocycles. The number of fused-ring (bicyclic) bond motifs is 1. The number of phosphoric acid groups is 1. The van der Waals surface area contributed by atoms with Crippen molar-refractivity contribution in [2.75, 3.05) is 6.61 Å². The van der Waals surface area contributed by atoms with E-state index in [1.54, 1.807) is 0 Å². The smallest absolute Gasteiger partial charge is 0.404 e. The van der Waals surface area contributed by atoms with E-state index in [-0.39, 0.29) is 12.4 Å². The molecule has 0 spiro atoms. The van der Waals surface area contributed by atoms with E-state index in [2.05, 4.69) is 0 Å². The van der Waals surface area contributed by atoms with Gasteiger partial charge in [-0.25, -0.2) is 13.8 Å². The molecular weight excluding hydrogens is 485 g/mol. The topological polar surface area (TPSA) is 149 Å². The number of aliphatic hydroxyl groups excluding tert-OH is 2. The zero-order chi connectivity index (χ0) is 22.6. The van der Waals surface area contributed by atoms with Gasteiger partial charge in [-0.2, -0.15) is 0 Å². The third-order valence-corrected chi connectivity index (χ3v) is 6.42. The van der Waals surface area contributed by atoms with Crippen molar-refractivity contribution in [2.24, 2.45) is 0 Å². The quantitative estimate of drug-likeness (QED) is 0.532. The molecular formula is C16H14Cl2FN2O9P. The summed E-state index contributed by atoms with van der Waals surface area (Å²) in [7, 11) is -4.31. The number of nitrogens with one attached hydrogen (secondary N) is 1. The first-order chi connectivity index (χ1) is 14.5. The molecule has 31 heavy (non-hydrogen) atoms. The number of aromatic amines is 1. The summed E-state index contributed by atoms with van der Waals surface area (Å²) >= 11 is 11.5. The van der Waals surface area contributed by atoms with Gasteiger partial charge < -0.3 is 19.5 Å². The highest BCUT2D eigenvalue weighted by molar-refractivity contribution is 7.49. The number of halogens is 3. The molecule has 0 radical (unpaired) electrons.